The van der Waals surface area contributed by atoms with E-state index in [4.69, 9.17) is 4.74 Å². The second-order valence-corrected chi connectivity index (χ2v) is 5.90. The zero-order valence-electron chi connectivity index (χ0n) is 14.1. The predicted molar refractivity (Wildman–Crippen MR) is 83.5 cm³/mol. The van der Waals surface area contributed by atoms with Gasteiger partial charge in [-0.2, -0.15) is 23.4 Å². The number of ether oxygens (including phenoxy) is 2. The van der Waals surface area contributed by atoms with Gasteiger partial charge in [-0.15, -0.1) is 0 Å². The van der Waals surface area contributed by atoms with Crippen LogP contribution in [-0.2, 0) is 16.5 Å². The number of aryl methyl sites for hydroxylation is 1. The Bertz CT molecular complexity index is 780. The summed E-state index contributed by atoms with van der Waals surface area (Å²) in [5, 5.41) is 13.0. The summed E-state index contributed by atoms with van der Waals surface area (Å²) >= 11 is 0. The first-order valence-electron chi connectivity index (χ1n) is 7.91. The molecule has 0 aromatic carbocycles. The van der Waals surface area contributed by atoms with Gasteiger partial charge in [-0.05, 0) is 18.9 Å². The van der Waals surface area contributed by atoms with Gasteiger partial charge in [-0.1, -0.05) is 0 Å². The molecule has 3 heterocycles. The van der Waals surface area contributed by atoms with Crippen molar-refractivity contribution in [3.8, 4) is 0 Å². The van der Waals surface area contributed by atoms with Crippen LogP contribution in [0.5, 0.6) is 0 Å². The molecule has 1 fully saturated rings. The summed E-state index contributed by atoms with van der Waals surface area (Å²) in [5.74, 6) is -0.379. The molecule has 2 aromatic heterocycles. The highest BCUT2D eigenvalue weighted by Crippen LogP contribution is 2.35. The Hall–Kier alpha value is -2.40. The van der Waals surface area contributed by atoms with E-state index in [1.807, 2.05) is 0 Å². The van der Waals surface area contributed by atoms with Crippen molar-refractivity contribution in [1.82, 2.24) is 20.0 Å². The molecule has 1 aliphatic rings. The number of methoxy groups -OCH3 is 1. The highest BCUT2D eigenvalue weighted by molar-refractivity contribution is 6.02. The first-order valence-corrected chi connectivity index (χ1v) is 7.91. The second-order valence-electron chi connectivity index (χ2n) is 5.90. The van der Waals surface area contributed by atoms with Crippen LogP contribution >= 0.6 is 0 Å². The lowest BCUT2D eigenvalue weighted by Crippen LogP contribution is -2.23. The van der Waals surface area contributed by atoms with Gasteiger partial charge >= 0.3 is 6.18 Å². The molecule has 11 heteroatoms. The summed E-state index contributed by atoms with van der Waals surface area (Å²) in [6.07, 6.45) is -5.12. The van der Waals surface area contributed by atoms with Crippen molar-refractivity contribution < 1.29 is 27.4 Å². The molecule has 0 aliphatic carbocycles. The molecule has 1 amide bonds. The zero-order valence-corrected chi connectivity index (χ0v) is 14.1. The number of hydrogen-bond donors (Lipinski definition) is 2. The van der Waals surface area contributed by atoms with Crippen LogP contribution in [0.4, 0.5) is 19.0 Å². The fourth-order valence-corrected chi connectivity index (χ4v) is 2.82. The first-order chi connectivity index (χ1) is 12.3. The Morgan fingerprint density at radius 1 is 1.50 bits per heavy atom. The van der Waals surface area contributed by atoms with Crippen LogP contribution in [0.1, 0.15) is 46.9 Å². The van der Waals surface area contributed by atoms with Gasteiger partial charge in [0.25, 0.3) is 5.91 Å². The molecular formula is C15H18F3N5O3. The maximum Gasteiger partial charge on any atom is 0.420 e. The number of rotatable bonds is 5. The third kappa shape index (κ3) is 3.73. The van der Waals surface area contributed by atoms with Crippen LogP contribution in [0.3, 0.4) is 0 Å². The number of aromatic amines is 1. The molecule has 2 N–H and O–H groups in total. The molecule has 1 saturated heterocycles. The maximum absolute atomic E-state index is 12.9. The minimum Gasteiger partial charge on any atom is -0.372 e. The van der Waals surface area contributed by atoms with Crippen LogP contribution in [0.2, 0.25) is 0 Å². The standard InChI is InChI=1S/C15H18F3N5O3/c1-23-10(6-9(22-23)13(25-2)15(16,17)18)14(24)19-12-7-8(20-21-12)11-4-3-5-26-11/h6-7,11,13H,3-5H2,1-2H3,(H2,19,20,21,24)/t11-,13-/m1/s1. The van der Waals surface area contributed by atoms with Gasteiger partial charge < -0.3 is 14.8 Å². The van der Waals surface area contributed by atoms with E-state index in [1.165, 1.54) is 7.05 Å². The summed E-state index contributed by atoms with van der Waals surface area (Å²) in [7, 11) is 2.31. The van der Waals surface area contributed by atoms with E-state index >= 15 is 0 Å². The summed E-state index contributed by atoms with van der Waals surface area (Å²) in [6.45, 7) is 0.670. The molecule has 0 bridgehead atoms. The lowest BCUT2D eigenvalue weighted by Gasteiger charge is -2.15. The van der Waals surface area contributed by atoms with Gasteiger partial charge in [0.15, 0.2) is 11.9 Å². The van der Waals surface area contributed by atoms with E-state index in [2.05, 4.69) is 25.3 Å². The Kier molecular flexibility index (Phi) is 5.01. The quantitative estimate of drug-likeness (QED) is 0.840. The number of anilines is 1. The van der Waals surface area contributed by atoms with Crippen molar-refractivity contribution >= 4 is 11.7 Å². The molecule has 0 unspecified atom stereocenters. The number of H-pyrrole nitrogens is 1. The van der Waals surface area contributed by atoms with Crippen molar-refractivity contribution in [2.45, 2.75) is 31.2 Å². The molecule has 0 spiro atoms. The van der Waals surface area contributed by atoms with Gasteiger partial charge in [-0.25, -0.2) is 0 Å². The summed E-state index contributed by atoms with van der Waals surface area (Å²) in [5.41, 5.74) is 0.294. The lowest BCUT2D eigenvalue weighted by atomic mass is 10.2. The largest absolute Gasteiger partial charge is 0.420 e. The van der Waals surface area contributed by atoms with Gasteiger partial charge in [0.05, 0.1) is 11.8 Å². The van der Waals surface area contributed by atoms with Gasteiger partial charge in [0.1, 0.15) is 11.4 Å². The van der Waals surface area contributed by atoms with Crippen molar-refractivity contribution in [1.29, 1.82) is 0 Å². The van der Waals surface area contributed by atoms with Crippen LogP contribution in [-0.4, -0.2) is 45.8 Å². The van der Waals surface area contributed by atoms with Gasteiger partial charge in [-0.3, -0.25) is 14.6 Å². The Labute approximate surface area is 146 Å². The van der Waals surface area contributed by atoms with E-state index in [9.17, 15) is 18.0 Å². The fraction of sp³-hybridized carbons (Fsp3) is 0.533. The normalized spacial score (nSPS) is 18.9. The van der Waals surface area contributed by atoms with E-state index in [0.717, 1.165) is 36.4 Å². The number of nitrogens with zero attached hydrogens (tertiary/aromatic N) is 3. The highest BCUT2D eigenvalue weighted by atomic mass is 19.4. The third-order valence-electron chi connectivity index (χ3n) is 4.05. The predicted octanol–water partition coefficient (Wildman–Crippen LogP) is 2.50. The number of hydrogen-bond acceptors (Lipinski definition) is 5. The van der Waals surface area contributed by atoms with Crippen LogP contribution in [0, 0.1) is 0 Å². The van der Waals surface area contributed by atoms with Crippen LogP contribution < -0.4 is 5.32 Å². The number of amides is 1. The van der Waals surface area contributed by atoms with E-state index < -0.39 is 23.9 Å². The Morgan fingerprint density at radius 2 is 2.27 bits per heavy atom. The average molecular weight is 373 g/mol. The SMILES string of the molecule is CO[C@H](c1cc(C(=O)Nc2cc([C@H]3CCCO3)[nH]n2)n(C)n1)C(F)(F)F. The molecule has 8 nitrogen and oxygen atoms in total. The molecule has 2 aromatic rings. The molecule has 0 radical (unpaired) electrons. The zero-order chi connectivity index (χ0) is 18.9. The van der Waals surface area contributed by atoms with Gasteiger partial charge in [0, 0.05) is 26.8 Å². The first kappa shape index (κ1) is 18.4. The molecule has 142 valence electrons. The van der Waals surface area contributed by atoms with Crippen LogP contribution in [0.15, 0.2) is 12.1 Å². The third-order valence-corrected chi connectivity index (χ3v) is 4.05. The minimum atomic E-state index is -4.63. The van der Waals surface area contributed by atoms with Crippen LogP contribution in [0.25, 0.3) is 0 Å². The lowest BCUT2D eigenvalue weighted by molar-refractivity contribution is -0.217. The highest BCUT2D eigenvalue weighted by Gasteiger charge is 2.43. The molecule has 3 rings (SSSR count). The van der Waals surface area contributed by atoms with Crippen molar-refractivity contribution in [3.05, 3.63) is 29.2 Å². The topological polar surface area (TPSA) is 94.1 Å². The minimum absolute atomic E-state index is 0.0482. The number of carbonyl (C=O) groups excluding carboxylic acids is 1. The monoisotopic (exact) mass is 373 g/mol. The number of aromatic nitrogens is 4. The van der Waals surface area contributed by atoms with Crippen molar-refractivity contribution in [3.63, 3.8) is 0 Å². The molecule has 26 heavy (non-hydrogen) atoms. The average Bonchev–Trinajstić information content (AvgIpc) is 3.26. The number of alkyl halides is 3. The molecule has 2 atom stereocenters. The van der Waals surface area contributed by atoms with Crippen molar-refractivity contribution in [2.75, 3.05) is 19.0 Å². The van der Waals surface area contributed by atoms with E-state index in [0.29, 0.717) is 6.61 Å². The molecule has 0 saturated carbocycles. The molecule has 1 aliphatic heterocycles. The van der Waals surface area contributed by atoms with Gasteiger partial charge in [0.2, 0.25) is 0 Å². The summed E-state index contributed by atoms with van der Waals surface area (Å²) in [6, 6.07) is 2.68. The summed E-state index contributed by atoms with van der Waals surface area (Å²) in [4.78, 5) is 12.4. The Balaban J connectivity index is 1.74. The van der Waals surface area contributed by atoms with Crippen molar-refractivity contribution in [2.24, 2.45) is 7.05 Å². The number of nitrogens with one attached hydrogen (secondary N) is 2. The molecular weight excluding hydrogens is 355 g/mol. The Morgan fingerprint density at radius 3 is 2.88 bits per heavy atom. The summed E-state index contributed by atoms with van der Waals surface area (Å²) < 4.78 is 49.9. The number of carbonyl (C=O) groups is 1. The van der Waals surface area contributed by atoms with E-state index in [1.54, 1.807) is 6.07 Å². The second kappa shape index (κ2) is 7.08. The van der Waals surface area contributed by atoms with E-state index in [-0.39, 0.29) is 17.6 Å². The number of halogens is 3. The maximum atomic E-state index is 12.9. The smallest absolute Gasteiger partial charge is 0.372 e. The fourth-order valence-electron chi connectivity index (χ4n) is 2.82.